The van der Waals surface area contributed by atoms with Crippen molar-refractivity contribution >= 4 is 16.0 Å². The van der Waals surface area contributed by atoms with Crippen molar-refractivity contribution in [1.82, 2.24) is 4.90 Å². The van der Waals surface area contributed by atoms with Crippen LogP contribution >= 0.6 is 0 Å². The lowest BCUT2D eigenvalue weighted by atomic mass is 9.87. The largest absolute Gasteiger partial charge is 0.332 e. The summed E-state index contributed by atoms with van der Waals surface area (Å²) < 4.78 is 11.7. The van der Waals surface area contributed by atoms with Gasteiger partial charge in [0.05, 0.1) is 0 Å². The Balaban J connectivity index is 1.80. The standard InChI is InChI=1S/C10H17NO2S/c12-10(11-6-1-2-7-11)14(13)8-9-4-3-5-9/h9H,1-8H2. The number of hydrogen-bond donors (Lipinski definition) is 0. The summed E-state index contributed by atoms with van der Waals surface area (Å²) in [6, 6.07) is 0. The fourth-order valence-corrected chi connectivity index (χ4v) is 3.36. The van der Waals surface area contributed by atoms with E-state index in [1.807, 2.05) is 0 Å². The van der Waals surface area contributed by atoms with Gasteiger partial charge in [-0.05, 0) is 31.6 Å². The lowest BCUT2D eigenvalue weighted by Crippen LogP contribution is -2.33. The molecule has 0 aromatic rings. The first-order valence-corrected chi connectivity index (χ1v) is 6.76. The highest BCUT2D eigenvalue weighted by Crippen LogP contribution is 2.27. The van der Waals surface area contributed by atoms with E-state index in [1.54, 1.807) is 4.90 Å². The van der Waals surface area contributed by atoms with E-state index in [0.717, 1.165) is 25.9 Å². The average molecular weight is 215 g/mol. The van der Waals surface area contributed by atoms with Gasteiger partial charge in [-0.3, -0.25) is 4.79 Å². The quantitative estimate of drug-likeness (QED) is 0.703. The zero-order chi connectivity index (χ0) is 9.97. The number of nitrogens with zero attached hydrogens (tertiary/aromatic N) is 1. The highest BCUT2D eigenvalue weighted by molar-refractivity contribution is 8.00. The Bertz CT molecular complexity index is 245. The number of hydrogen-bond acceptors (Lipinski definition) is 2. The number of rotatable bonds is 2. The molecular formula is C10H17NO2S. The van der Waals surface area contributed by atoms with Crippen LogP contribution in [0.1, 0.15) is 32.1 Å². The monoisotopic (exact) mass is 215 g/mol. The summed E-state index contributed by atoms with van der Waals surface area (Å²) in [5.74, 6) is 1.16. The van der Waals surface area contributed by atoms with Gasteiger partial charge >= 0.3 is 5.24 Å². The molecule has 0 bridgehead atoms. The van der Waals surface area contributed by atoms with Crippen molar-refractivity contribution in [3.63, 3.8) is 0 Å². The molecule has 2 aliphatic rings. The van der Waals surface area contributed by atoms with Gasteiger partial charge in [-0.2, -0.15) is 0 Å². The van der Waals surface area contributed by atoms with Crippen LogP contribution in [0.2, 0.25) is 0 Å². The third-order valence-corrected chi connectivity index (χ3v) is 4.59. The fraction of sp³-hybridized carbons (Fsp3) is 0.900. The summed E-state index contributed by atoms with van der Waals surface area (Å²) in [5.41, 5.74) is 0. The molecule has 0 aromatic carbocycles. The summed E-state index contributed by atoms with van der Waals surface area (Å²) in [6.45, 7) is 1.63. The minimum absolute atomic E-state index is 0.116. The Kier molecular flexibility index (Phi) is 3.21. The molecule has 1 aliphatic heterocycles. The summed E-state index contributed by atoms with van der Waals surface area (Å²) in [4.78, 5) is 13.4. The minimum Gasteiger partial charge on any atom is -0.332 e. The van der Waals surface area contributed by atoms with Crippen LogP contribution in [0.5, 0.6) is 0 Å². The van der Waals surface area contributed by atoms with Crippen molar-refractivity contribution in [2.24, 2.45) is 5.92 Å². The van der Waals surface area contributed by atoms with Crippen molar-refractivity contribution in [2.75, 3.05) is 18.8 Å². The van der Waals surface area contributed by atoms with Crippen molar-refractivity contribution in [3.8, 4) is 0 Å². The zero-order valence-corrected chi connectivity index (χ0v) is 9.22. The van der Waals surface area contributed by atoms with Crippen LogP contribution in [0, 0.1) is 5.92 Å². The van der Waals surface area contributed by atoms with Crippen LogP contribution in [0.25, 0.3) is 0 Å². The molecule has 14 heavy (non-hydrogen) atoms. The van der Waals surface area contributed by atoms with Crippen LogP contribution in [0.15, 0.2) is 0 Å². The van der Waals surface area contributed by atoms with Crippen LogP contribution in [0.4, 0.5) is 4.79 Å². The van der Waals surface area contributed by atoms with E-state index in [1.165, 1.54) is 19.3 Å². The second-order valence-corrected chi connectivity index (χ2v) is 5.64. The number of carbonyl (C=O) groups excluding carboxylic acids is 1. The van der Waals surface area contributed by atoms with Crippen molar-refractivity contribution < 1.29 is 9.00 Å². The molecule has 4 heteroatoms. The average Bonchev–Trinajstić information content (AvgIpc) is 2.62. The van der Waals surface area contributed by atoms with E-state index < -0.39 is 10.8 Å². The van der Waals surface area contributed by atoms with Crippen LogP contribution in [0.3, 0.4) is 0 Å². The van der Waals surface area contributed by atoms with Gasteiger partial charge in [-0.25, -0.2) is 4.21 Å². The third-order valence-electron chi connectivity index (χ3n) is 3.17. The van der Waals surface area contributed by atoms with Crippen molar-refractivity contribution in [1.29, 1.82) is 0 Å². The fourth-order valence-electron chi connectivity index (χ4n) is 1.99. The molecule has 2 fully saturated rings. The Labute approximate surface area is 87.3 Å². The molecule has 2 rings (SSSR count). The number of likely N-dealkylation sites (tertiary alicyclic amines) is 1. The molecule has 1 atom stereocenters. The Morgan fingerprint density at radius 2 is 1.86 bits per heavy atom. The van der Waals surface area contributed by atoms with Crippen molar-refractivity contribution in [3.05, 3.63) is 0 Å². The topological polar surface area (TPSA) is 37.4 Å². The van der Waals surface area contributed by atoms with Crippen LogP contribution in [-0.2, 0) is 10.8 Å². The molecule has 0 N–H and O–H groups in total. The molecule has 1 amide bonds. The van der Waals surface area contributed by atoms with E-state index in [0.29, 0.717) is 11.7 Å². The molecule has 0 radical (unpaired) electrons. The smallest absolute Gasteiger partial charge is 0.311 e. The van der Waals surface area contributed by atoms with Crippen LogP contribution < -0.4 is 0 Å². The maximum atomic E-state index is 11.7. The summed E-state index contributed by atoms with van der Waals surface area (Å²) in [6.07, 6.45) is 5.73. The summed E-state index contributed by atoms with van der Waals surface area (Å²) >= 11 is 0. The van der Waals surface area contributed by atoms with Gasteiger partial charge in [0, 0.05) is 18.8 Å². The number of amides is 1. The molecule has 0 aromatic heterocycles. The van der Waals surface area contributed by atoms with Gasteiger partial charge in [0.25, 0.3) is 0 Å². The highest BCUT2D eigenvalue weighted by Gasteiger charge is 2.27. The first-order valence-electron chi connectivity index (χ1n) is 5.44. The van der Waals surface area contributed by atoms with Gasteiger partial charge in [-0.15, -0.1) is 0 Å². The number of carbonyl (C=O) groups is 1. The summed E-state index contributed by atoms with van der Waals surface area (Å²) in [5, 5.41) is -0.116. The van der Waals surface area contributed by atoms with Crippen molar-refractivity contribution in [2.45, 2.75) is 32.1 Å². The minimum atomic E-state index is -1.25. The predicted octanol–water partition coefficient (Wildman–Crippen LogP) is 1.75. The second kappa shape index (κ2) is 4.43. The molecule has 1 saturated heterocycles. The molecular weight excluding hydrogens is 198 g/mol. The highest BCUT2D eigenvalue weighted by atomic mass is 32.2. The SMILES string of the molecule is O=C(N1CCCC1)S(=O)CC1CCC1. The Hall–Kier alpha value is -0.380. The van der Waals surface area contributed by atoms with Crippen LogP contribution in [-0.4, -0.2) is 33.2 Å². The second-order valence-electron chi connectivity index (χ2n) is 4.27. The lowest BCUT2D eigenvalue weighted by molar-refractivity contribution is 0.232. The predicted molar refractivity (Wildman–Crippen MR) is 56.6 cm³/mol. The van der Waals surface area contributed by atoms with Gasteiger partial charge in [0.2, 0.25) is 0 Å². The summed E-state index contributed by atoms with van der Waals surface area (Å²) in [7, 11) is -1.25. The van der Waals surface area contributed by atoms with Gasteiger partial charge in [-0.1, -0.05) is 6.42 Å². The normalized spacial score (nSPS) is 24.7. The first kappa shape index (κ1) is 10.1. The van der Waals surface area contributed by atoms with Gasteiger partial charge < -0.3 is 4.90 Å². The van der Waals surface area contributed by atoms with Gasteiger partial charge in [0.1, 0.15) is 10.8 Å². The Morgan fingerprint density at radius 1 is 1.21 bits per heavy atom. The molecule has 3 nitrogen and oxygen atoms in total. The van der Waals surface area contributed by atoms with E-state index in [2.05, 4.69) is 0 Å². The maximum Gasteiger partial charge on any atom is 0.311 e. The zero-order valence-electron chi connectivity index (χ0n) is 8.41. The van der Waals surface area contributed by atoms with E-state index in [-0.39, 0.29) is 5.24 Å². The molecule has 0 spiro atoms. The lowest BCUT2D eigenvalue weighted by Gasteiger charge is -2.25. The Morgan fingerprint density at radius 3 is 2.36 bits per heavy atom. The van der Waals surface area contributed by atoms with E-state index >= 15 is 0 Å². The maximum absolute atomic E-state index is 11.7. The van der Waals surface area contributed by atoms with Gasteiger partial charge in [0.15, 0.2) is 0 Å². The molecule has 1 unspecified atom stereocenters. The third kappa shape index (κ3) is 2.16. The first-order chi connectivity index (χ1) is 6.77. The van der Waals surface area contributed by atoms with E-state index in [4.69, 9.17) is 0 Å². The van der Waals surface area contributed by atoms with E-state index in [9.17, 15) is 9.00 Å². The molecule has 1 heterocycles. The molecule has 1 saturated carbocycles. The molecule has 1 aliphatic carbocycles. The molecule has 80 valence electrons.